The van der Waals surface area contributed by atoms with Crippen LogP contribution in [0.2, 0.25) is 0 Å². The molecule has 4 fully saturated rings. The highest BCUT2D eigenvalue weighted by atomic mass is 16.5. The number of carbonyl (C=O) groups excluding carboxylic acids is 3. The van der Waals surface area contributed by atoms with Crippen LogP contribution in [0.25, 0.3) is 0 Å². The second-order valence-electron chi connectivity index (χ2n) is 15.4. The summed E-state index contributed by atoms with van der Waals surface area (Å²) in [6.07, 6.45) is 7.85. The summed E-state index contributed by atoms with van der Waals surface area (Å²) in [6.45, 7) is 19.5. The molecular formula is C35H54N2O5. The van der Waals surface area contributed by atoms with Gasteiger partial charge in [-0.1, -0.05) is 46.8 Å². The number of nitrogens with zero attached hydrogens (tertiary/aromatic N) is 1. The summed E-state index contributed by atoms with van der Waals surface area (Å²) in [6, 6.07) is 2.53. The summed E-state index contributed by atoms with van der Waals surface area (Å²) < 4.78 is 10.5. The van der Waals surface area contributed by atoms with Gasteiger partial charge in [-0.2, -0.15) is 5.26 Å². The highest BCUT2D eigenvalue weighted by Crippen LogP contribution is 2.76. The number of amides is 1. The molecule has 4 saturated carbocycles. The molecule has 9 atom stereocenters. The summed E-state index contributed by atoms with van der Waals surface area (Å²) in [4.78, 5) is 39.1. The molecule has 0 aromatic rings. The maximum Gasteiger partial charge on any atom is 0.325 e. The first kappa shape index (κ1) is 32.6. The van der Waals surface area contributed by atoms with E-state index in [0.717, 1.165) is 51.4 Å². The van der Waals surface area contributed by atoms with Gasteiger partial charge >= 0.3 is 11.9 Å². The fourth-order valence-corrected chi connectivity index (χ4v) is 11.4. The smallest absolute Gasteiger partial charge is 0.325 e. The van der Waals surface area contributed by atoms with Crippen LogP contribution in [0.5, 0.6) is 0 Å². The van der Waals surface area contributed by atoms with Crippen LogP contribution in [0.3, 0.4) is 0 Å². The summed E-state index contributed by atoms with van der Waals surface area (Å²) in [5.74, 6) is 0.517. The second kappa shape index (κ2) is 11.3. The van der Waals surface area contributed by atoms with Gasteiger partial charge in [-0.3, -0.25) is 14.4 Å². The van der Waals surface area contributed by atoms with Crippen LogP contribution in [0.4, 0.5) is 0 Å². The van der Waals surface area contributed by atoms with Gasteiger partial charge in [0, 0.05) is 11.8 Å². The normalized spacial score (nSPS) is 40.9. The Balaban J connectivity index is 1.70. The van der Waals surface area contributed by atoms with Crippen molar-refractivity contribution in [3.63, 3.8) is 0 Å². The lowest BCUT2D eigenvalue weighted by Crippen LogP contribution is -2.66. The van der Waals surface area contributed by atoms with E-state index in [4.69, 9.17) is 9.47 Å². The van der Waals surface area contributed by atoms with Gasteiger partial charge in [0.2, 0.25) is 5.91 Å². The number of hydrogen-bond acceptors (Lipinski definition) is 6. The summed E-state index contributed by atoms with van der Waals surface area (Å²) in [5.41, 5.74) is -0.441. The SMILES string of the molecule is C=C(C)[C@@H]1CCC2(C(=O)OC)CC[C@]3(C)C(CCC4[C@@](C)(CC#N)C(C(C)(C)C(=O)NCC(=O)OCC)CC[C@]43C)C12. The molecule has 4 rings (SSSR count). The number of methoxy groups -OCH3 is 1. The summed E-state index contributed by atoms with van der Waals surface area (Å²) >= 11 is 0. The molecular weight excluding hydrogens is 528 g/mol. The number of allylic oxidation sites excluding steroid dienone is 1. The molecule has 0 aliphatic heterocycles. The van der Waals surface area contributed by atoms with Crippen molar-refractivity contribution >= 4 is 17.8 Å². The molecule has 7 heteroatoms. The predicted octanol–water partition coefficient (Wildman–Crippen LogP) is 6.62. The fourth-order valence-electron chi connectivity index (χ4n) is 11.4. The van der Waals surface area contributed by atoms with Crippen LogP contribution in [-0.2, 0) is 23.9 Å². The molecule has 0 spiro atoms. The van der Waals surface area contributed by atoms with E-state index in [1.54, 1.807) is 6.92 Å². The molecule has 0 aromatic carbocycles. The van der Waals surface area contributed by atoms with Crippen molar-refractivity contribution in [3.05, 3.63) is 12.2 Å². The van der Waals surface area contributed by atoms with Crippen LogP contribution in [0, 0.1) is 68.0 Å². The van der Waals surface area contributed by atoms with Gasteiger partial charge in [0.05, 0.1) is 25.2 Å². The Labute approximate surface area is 253 Å². The van der Waals surface area contributed by atoms with E-state index < -0.39 is 16.8 Å². The van der Waals surface area contributed by atoms with Crippen LogP contribution in [0.15, 0.2) is 12.2 Å². The third-order valence-corrected chi connectivity index (χ3v) is 13.5. The molecule has 0 saturated heterocycles. The molecule has 5 unspecified atom stereocenters. The zero-order valence-electron chi connectivity index (χ0n) is 27.4. The van der Waals surface area contributed by atoms with Crippen molar-refractivity contribution in [2.24, 2.45) is 56.7 Å². The Kier molecular flexibility index (Phi) is 8.75. The van der Waals surface area contributed by atoms with Crippen molar-refractivity contribution in [2.75, 3.05) is 20.3 Å². The number of rotatable bonds is 8. The van der Waals surface area contributed by atoms with Gasteiger partial charge in [0.1, 0.15) is 6.54 Å². The molecule has 0 bridgehead atoms. The van der Waals surface area contributed by atoms with Gasteiger partial charge in [-0.25, -0.2) is 0 Å². The van der Waals surface area contributed by atoms with Crippen LogP contribution < -0.4 is 5.32 Å². The van der Waals surface area contributed by atoms with Crippen molar-refractivity contribution in [1.82, 2.24) is 5.32 Å². The van der Waals surface area contributed by atoms with E-state index in [1.807, 2.05) is 13.8 Å². The molecule has 1 amide bonds. The zero-order valence-corrected chi connectivity index (χ0v) is 27.4. The van der Waals surface area contributed by atoms with Gasteiger partial charge in [0.15, 0.2) is 0 Å². The number of nitrogens with one attached hydrogen (secondary N) is 1. The number of esters is 2. The first-order valence-electron chi connectivity index (χ1n) is 16.2. The Morgan fingerprint density at radius 2 is 1.71 bits per heavy atom. The van der Waals surface area contributed by atoms with Crippen molar-refractivity contribution in [2.45, 2.75) is 106 Å². The minimum absolute atomic E-state index is 0.00581. The van der Waals surface area contributed by atoms with E-state index >= 15 is 0 Å². The van der Waals surface area contributed by atoms with Crippen molar-refractivity contribution < 1.29 is 23.9 Å². The molecule has 7 nitrogen and oxygen atoms in total. The van der Waals surface area contributed by atoms with E-state index in [1.165, 1.54) is 12.7 Å². The lowest BCUT2D eigenvalue weighted by atomic mass is 9.33. The van der Waals surface area contributed by atoms with Crippen molar-refractivity contribution in [1.29, 1.82) is 5.26 Å². The Morgan fingerprint density at radius 3 is 2.31 bits per heavy atom. The average molecular weight is 583 g/mol. The van der Waals surface area contributed by atoms with Crippen LogP contribution in [-0.4, -0.2) is 38.1 Å². The van der Waals surface area contributed by atoms with E-state index in [9.17, 15) is 19.6 Å². The molecule has 0 heterocycles. The number of hydrogen-bond donors (Lipinski definition) is 1. The Bertz CT molecular complexity index is 1160. The number of carbonyl (C=O) groups is 3. The largest absolute Gasteiger partial charge is 0.469 e. The van der Waals surface area contributed by atoms with Gasteiger partial charge in [-0.15, -0.1) is 0 Å². The highest BCUT2D eigenvalue weighted by Gasteiger charge is 2.71. The van der Waals surface area contributed by atoms with Crippen LogP contribution in [0.1, 0.15) is 106 Å². The quantitative estimate of drug-likeness (QED) is 0.255. The fraction of sp³-hybridized carbons (Fsp3) is 0.829. The molecule has 234 valence electrons. The molecule has 1 N–H and O–H groups in total. The third-order valence-electron chi connectivity index (χ3n) is 13.5. The maximum atomic E-state index is 13.6. The third kappa shape index (κ3) is 4.61. The lowest BCUT2D eigenvalue weighted by molar-refractivity contribution is -0.229. The molecule has 0 aromatic heterocycles. The lowest BCUT2D eigenvalue weighted by Gasteiger charge is -2.71. The van der Waals surface area contributed by atoms with E-state index in [0.29, 0.717) is 18.3 Å². The summed E-state index contributed by atoms with van der Waals surface area (Å²) in [7, 11) is 1.54. The Hall–Kier alpha value is -2.36. The minimum atomic E-state index is -0.764. The van der Waals surface area contributed by atoms with E-state index in [2.05, 4.69) is 45.7 Å². The Morgan fingerprint density at radius 1 is 1.02 bits per heavy atom. The standard InChI is InChI=1S/C35H54N2O5/c1-10-42-27(38)21-37-29(39)31(4,5)25-14-15-34(8)26(32(25,6)19-20-36)12-11-24-28-23(22(2)3)13-16-35(28,30(40)41-9)18-17-33(24,34)7/h23-26,28H,2,10-19,21H2,1,3-9H3,(H,37,39)/t23-,24?,25?,26?,28?,32-,33+,34+,35?/m0/s1. The summed E-state index contributed by atoms with van der Waals surface area (Å²) in [5, 5.41) is 13.0. The van der Waals surface area contributed by atoms with E-state index in [-0.39, 0.29) is 59.0 Å². The monoisotopic (exact) mass is 582 g/mol. The number of ether oxygens (including phenoxy) is 2. The molecule has 4 aliphatic rings. The van der Waals surface area contributed by atoms with Crippen LogP contribution >= 0.6 is 0 Å². The number of nitriles is 1. The first-order chi connectivity index (χ1) is 19.6. The molecule has 42 heavy (non-hydrogen) atoms. The second-order valence-corrected chi connectivity index (χ2v) is 15.4. The van der Waals surface area contributed by atoms with Crippen molar-refractivity contribution in [3.8, 4) is 6.07 Å². The molecule has 0 radical (unpaired) electrons. The highest BCUT2D eigenvalue weighted by molar-refractivity contribution is 5.86. The zero-order chi connectivity index (χ0) is 31.3. The molecule has 4 aliphatic carbocycles. The predicted molar refractivity (Wildman–Crippen MR) is 162 cm³/mol. The van der Waals surface area contributed by atoms with Gasteiger partial charge in [0.25, 0.3) is 0 Å². The van der Waals surface area contributed by atoms with Gasteiger partial charge < -0.3 is 14.8 Å². The minimum Gasteiger partial charge on any atom is -0.469 e. The average Bonchev–Trinajstić information content (AvgIpc) is 3.33. The van der Waals surface area contributed by atoms with Gasteiger partial charge in [-0.05, 0) is 111 Å². The number of fused-ring (bicyclic) bond motifs is 5. The first-order valence-corrected chi connectivity index (χ1v) is 16.2. The topological polar surface area (TPSA) is 105 Å². The maximum absolute atomic E-state index is 13.6.